The fourth-order valence-electron chi connectivity index (χ4n) is 4.10. The summed E-state index contributed by atoms with van der Waals surface area (Å²) in [6.45, 7) is 2.37. The summed E-state index contributed by atoms with van der Waals surface area (Å²) in [6, 6.07) is 8.77. The zero-order chi connectivity index (χ0) is 20.4. The smallest absolute Gasteiger partial charge is 0.324 e. The lowest BCUT2D eigenvalue weighted by atomic mass is 9.77. The molecule has 0 atom stereocenters. The van der Waals surface area contributed by atoms with Gasteiger partial charge in [0.1, 0.15) is 12.1 Å². The van der Waals surface area contributed by atoms with Gasteiger partial charge in [0.05, 0.1) is 6.54 Å². The van der Waals surface area contributed by atoms with Crippen molar-refractivity contribution in [2.75, 3.05) is 11.9 Å². The fourth-order valence-corrected chi connectivity index (χ4v) is 4.10. The quantitative estimate of drug-likeness (QED) is 0.760. The molecule has 1 spiro atoms. The Labute approximate surface area is 169 Å². The average molecular weight is 395 g/mol. The molecule has 4 rings (SSSR count). The number of rotatable bonds is 5. The Morgan fingerprint density at radius 1 is 1.24 bits per heavy atom. The van der Waals surface area contributed by atoms with Crippen LogP contribution >= 0.6 is 0 Å². The van der Waals surface area contributed by atoms with Crippen molar-refractivity contribution in [3.05, 3.63) is 48.3 Å². The molecule has 1 aromatic carbocycles. The van der Waals surface area contributed by atoms with E-state index >= 15 is 0 Å². The minimum Gasteiger partial charge on any atom is -0.324 e. The molecule has 1 aliphatic carbocycles. The molecule has 0 bridgehead atoms. The first-order valence-corrected chi connectivity index (χ1v) is 9.96. The summed E-state index contributed by atoms with van der Waals surface area (Å²) in [5.74, 6) is -0.133. The molecule has 29 heavy (non-hydrogen) atoms. The summed E-state index contributed by atoms with van der Waals surface area (Å²) in [7, 11) is 0. The topological polar surface area (TPSA) is 96.3 Å². The number of hydrogen-bond acceptors (Lipinski definition) is 4. The maximum atomic E-state index is 12.9. The Bertz CT molecular complexity index is 916. The van der Waals surface area contributed by atoms with Crippen molar-refractivity contribution in [3.63, 3.8) is 0 Å². The lowest BCUT2D eigenvalue weighted by Gasteiger charge is -2.33. The van der Waals surface area contributed by atoms with E-state index in [0.29, 0.717) is 31.0 Å². The van der Waals surface area contributed by atoms with Crippen LogP contribution in [0.15, 0.2) is 42.7 Å². The molecular weight excluding hydrogens is 370 g/mol. The first-order chi connectivity index (χ1) is 14.0. The number of benzene rings is 1. The van der Waals surface area contributed by atoms with E-state index in [1.807, 2.05) is 30.5 Å². The highest BCUT2D eigenvalue weighted by atomic mass is 16.2. The zero-order valence-electron chi connectivity index (χ0n) is 16.4. The van der Waals surface area contributed by atoms with Crippen molar-refractivity contribution < 1.29 is 14.4 Å². The van der Waals surface area contributed by atoms with E-state index in [1.54, 1.807) is 16.9 Å². The molecule has 2 N–H and O–H groups in total. The van der Waals surface area contributed by atoms with Gasteiger partial charge in [-0.25, -0.2) is 4.79 Å². The second-order valence-corrected chi connectivity index (χ2v) is 8.00. The van der Waals surface area contributed by atoms with Crippen molar-refractivity contribution in [1.29, 1.82) is 0 Å². The van der Waals surface area contributed by atoms with Crippen LogP contribution < -0.4 is 10.6 Å². The van der Waals surface area contributed by atoms with Gasteiger partial charge in [-0.3, -0.25) is 19.2 Å². The number of nitrogens with zero attached hydrogens (tertiary/aromatic N) is 3. The third kappa shape index (κ3) is 3.87. The number of carbonyl (C=O) groups is 3. The first-order valence-electron chi connectivity index (χ1n) is 9.96. The number of hydrogen-bond donors (Lipinski definition) is 2. The molecule has 1 aromatic heterocycles. The van der Waals surface area contributed by atoms with Gasteiger partial charge < -0.3 is 10.6 Å². The standard InChI is InChI=1S/C21H25N5O3/c1-15-7-9-21(10-8-15)19(28)26(20(29)24-21)14-18(27)23-17-6-3-2-5-16(17)13-25-12-4-11-22-25/h2-6,11-12,15H,7-10,13-14H2,1H3,(H,23,27)(H,24,29). The van der Waals surface area contributed by atoms with E-state index in [-0.39, 0.29) is 12.5 Å². The summed E-state index contributed by atoms with van der Waals surface area (Å²) in [5, 5.41) is 9.87. The van der Waals surface area contributed by atoms with Crippen LogP contribution in [-0.2, 0) is 16.1 Å². The molecule has 2 aromatic rings. The van der Waals surface area contributed by atoms with Crippen LogP contribution in [0, 0.1) is 5.92 Å². The highest BCUT2D eigenvalue weighted by Crippen LogP contribution is 2.36. The molecular formula is C21H25N5O3. The molecule has 1 saturated carbocycles. The minimum atomic E-state index is -0.831. The Kier molecular flexibility index (Phi) is 5.08. The summed E-state index contributed by atoms with van der Waals surface area (Å²) < 4.78 is 1.76. The molecule has 8 nitrogen and oxygen atoms in total. The molecule has 152 valence electrons. The van der Waals surface area contributed by atoms with Gasteiger partial charge in [0, 0.05) is 18.1 Å². The number of nitrogens with one attached hydrogen (secondary N) is 2. The van der Waals surface area contributed by atoms with E-state index in [9.17, 15) is 14.4 Å². The fraction of sp³-hybridized carbons (Fsp3) is 0.429. The Balaban J connectivity index is 1.43. The normalized spacial score (nSPS) is 24.0. The Hall–Kier alpha value is -3.16. The Morgan fingerprint density at radius 2 is 2.00 bits per heavy atom. The van der Waals surface area contributed by atoms with Crippen molar-refractivity contribution in [3.8, 4) is 0 Å². The van der Waals surface area contributed by atoms with E-state index in [4.69, 9.17) is 0 Å². The largest absolute Gasteiger partial charge is 0.325 e. The van der Waals surface area contributed by atoms with Crippen LogP contribution in [0.5, 0.6) is 0 Å². The van der Waals surface area contributed by atoms with E-state index < -0.39 is 17.5 Å². The van der Waals surface area contributed by atoms with Crippen LogP contribution in [-0.4, -0.2) is 44.6 Å². The first kappa shape index (κ1) is 19.2. The zero-order valence-corrected chi connectivity index (χ0v) is 16.4. The molecule has 2 heterocycles. The summed E-state index contributed by atoms with van der Waals surface area (Å²) in [5.41, 5.74) is 0.697. The number of carbonyl (C=O) groups excluding carboxylic acids is 3. The molecule has 1 saturated heterocycles. The van der Waals surface area contributed by atoms with Gasteiger partial charge >= 0.3 is 6.03 Å². The molecule has 8 heteroatoms. The maximum absolute atomic E-state index is 12.9. The third-order valence-corrected chi connectivity index (χ3v) is 5.86. The number of aromatic nitrogens is 2. The van der Waals surface area contributed by atoms with Crippen molar-refractivity contribution >= 4 is 23.5 Å². The second-order valence-electron chi connectivity index (χ2n) is 8.00. The SMILES string of the molecule is CC1CCC2(CC1)NC(=O)N(CC(=O)Nc1ccccc1Cn1cccn1)C2=O. The van der Waals surface area contributed by atoms with Gasteiger partial charge in [-0.1, -0.05) is 25.1 Å². The number of anilines is 1. The van der Waals surface area contributed by atoms with Crippen LogP contribution in [0.3, 0.4) is 0 Å². The van der Waals surface area contributed by atoms with Gasteiger partial charge in [-0.15, -0.1) is 0 Å². The minimum absolute atomic E-state index is 0.283. The summed E-state index contributed by atoms with van der Waals surface area (Å²) >= 11 is 0. The highest BCUT2D eigenvalue weighted by Gasteiger charge is 2.52. The summed E-state index contributed by atoms with van der Waals surface area (Å²) in [6.07, 6.45) is 6.59. The molecule has 0 radical (unpaired) electrons. The van der Waals surface area contributed by atoms with Crippen molar-refractivity contribution in [1.82, 2.24) is 20.0 Å². The van der Waals surface area contributed by atoms with Gasteiger partial charge in [-0.2, -0.15) is 5.10 Å². The highest BCUT2D eigenvalue weighted by molar-refractivity contribution is 6.10. The van der Waals surface area contributed by atoms with Crippen LogP contribution in [0.25, 0.3) is 0 Å². The number of imide groups is 1. The molecule has 0 unspecified atom stereocenters. The number of urea groups is 1. The lowest BCUT2D eigenvalue weighted by Crippen LogP contribution is -2.49. The van der Waals surface area contributed by atoms with E-state index in [1.165, 1.54) is 0 Å². The molecule has 2 aliphatic rings. The molecule has 4 amide bonds. The molecule has 1 aliphatic heterocycles. The van der Waals surface area contributed by atoms with Gasteiger partial charge in [0.2, 0.25) is 5.91 Å². The lowest BCUT2D eigenvalue weighted by molar-refractivity contribution is -0.135. The van der Waals surface area contributed by atoms with Crippen molar-refractivity contribution in [2.24, 2.45) is 5.92 Å². The predicted molar refractivity (Wildman–Crippen MR) is 107 cm³/mol. The number of para-hydroxylation sites is 1. The third-order valence-electron chi connectivity index (χ3n) is 5.86. The van der Waals surface area contributed by atoms with Gasteiger partial charge in [0.25, 0.3) is 5.91 Å². The number of amides is 4. The van der Waals surface area contributed by atoms with E-state index in [0.717, 1.165) is 23.3 Å². The van der Waals surface area contributed by atoms with Crippen LogP contribution in [0.1, 0.15) is 38.2 Å². The van der Waals surface area contributed by atoms with Gasteiger partial charge in [-0.05, 0) is 49.3 Å². The molecule has 2 fully saturated rings. The van der Waals surface area contributed by atoms with Crippen molar-refractivity contribution in [2.45, 2.75) is 44.7 Å². The van der Waals surface area contributed by atoms with Crippen LogP contribution in [0.4, 0.5) is 10.5 Å². The predicted octanol–water partition coefficient (Wildman–Crippen LogP) is 2.37. The van der Waals surface area contributed by atoms with Gasteiger partial charge in [0.15, 0.2) is 0 Å². The Morgan fingerprint density at radius 3 is 2.72 bits per heavy atom. The second kappa shape index (κ2) is 7.69. The van der Waals surface area contributed by atoms with Crippen LogP contribution in [0.2, 0.25) is 0 Å². The average Bonchev–Trinajstić information content (AvgIpc) is 3.29. The van der Waals surface area contributed by atoms with E-state index in [2.05, 4.69) is 22.7 Å². The maximum Gasteiger partial charge on any atom is 0.325 e. The summed E-state index contributed by atoms with van der Waals surface area (Å²) in [4.78, 5) is 39.0. The monoisotopic (exact) mass is 395 g/mol.